The maximum atomic E-state index is 13.5. The summed E-state index contributed by atoms with van der Waals surface area (Å²) in [5.41, 5.74) is 15.0. The third-order valence-electron chi connectivity index (χ3n) is 7.52. The number of aliphatic hydroxyl groups is 1. The summed E-state index contributed by atoms with van der Waals surface area (Å²) < 4.78 is 0. The number of primary amides is 1. The topological polar surface area (TPSA) is 208 Å². The number of carbonyl (C=O) groups is 4. The zero-order valence-corrected chi connectivity index (χ0v) is 24.4. The molecule has 4 aromatic rings. The lowest BCUT2D eigenvalue weighted by Crippen LogP contribution is -2.60. The number of H-pyrrole nitrogens is 2. The molecule has 0 bridgehead atoms. The highest BCUT2D eigenvalue weighted by Crippen LogP contribution is 2.20. The molecule has 2 aromatic carbocycles. The van der Waals surface area contributed by atoms with Crippen molar-refractivity contribution in [3.8, 4) is 0 Å². The highest BCUT2D eigenvalue weighted by atomic mass is 16.3. The summed E-state index contributed by atoms with van der Waals surface area (Å²) >= 11 is 0. The van der Waals surface area contributed by atoms with Gasteiger partial charge in [-0.3, -0.25) is 19.2 Å². The SMILES string of the molecule is CC(C)[C@H](NC(=O)[C@H](Cc1c[nH]c2ccccc12)NC(=O)[C@@H](NC(=O)[C@@H](N)Cc1c[nH]c2ccccc12)[C@@H](C)O)C(N)=O. The second kappa shape index (κ2) is 13.5. The Morgan fingerprint density at radius 2 is 1.26 bits per heavy atom. The van der Waals surface area contributed by atoms with Crippen LogP contribution in [-0.2, 0) is 32.0 Å². The van der Waals surface area contributed by atoms with Crippen LogP contribution in [0.15, 0.2) is 60.9 Å². The van der Waals surface area contributed by atoms with Gasteiger partial charge < -0.3 is 42.5 Å². The van der Waals surface area contributed by atoms with Crippen LogP contribution in [0.4, 0.5) is 0 Å². The van der Waals surface area contributed by atoms with E-state index < -0.39 is 53.9 Å². The van der Waals surface area contributed by atoms with E-state index in [0.29, 0.717) is 0 Å². The van der Waals surface area contributed by atoms with Gasteiger partial charge >= 0.3 is 0 Å². The predicted molar refractivity (Wildman–Crippen MR) is 163 cm³/mol. The lowest BCUT2D eigenvalue weighted by Gasteiger charge is -2.27. The maximum absolute atomic E-state index is 13.5. The summed E-state index contributed by atoms with van der Waals surface area (Å²) in [4.78, 5) is 58.3. The minimum atomic E-state index is -1.41. The first-order valence-corrected chi connectivity index (χ1v) is 14.2. The molecule has 12 nitrogen and oxygen atoms in total. The number of hydrogen-bond donors (Lipinski definition) is 8. The number of nitrogens with one attached hydrogen (secondary N) is 5. The number of fused-ring (bicyclic) bond motifs is 2. The van der Waals surface area contributed by atoms with Crippen molar-refractivity contribution in [2.75, 3.05) is 0 Å². The predicted octanol–water partition coefficient (Wildman–Crippen LogP) is 0.738. The Kier molecular flexibility index (Phi) is 9.84. The van der Waals surface area contributed by atoms with Crippen LogP contribution >= 0.6 is 0 Å². The molecule has 4 amide bonds. The molecule has 4 rings (SSSR count). The van der Waals surface area contributed by atoms with Crippen molar-refractivity contribution in [1.82, 2.24) is 25.9 Å². The molecule has 0 aliphatic heterocycles. The van der Waals surface area contributed by atoms with Crippen molar-refractivity contribution in [2.24, 2.45) is 17.4 Å². The molecule has 0 aliphatic rings. The summed E-state index contributed by atoms with van der Waals surface area (Å²) in [6, 6.07) is 10.5. The minimum absolute atomic E-state index is 0.0612. The Balaban J connectivity index is 1.51. The van der Waals surface area contributed by atoms with Crippen molar-refractivity contribution < 1.29 is 24.3 Å². The zero-order chi connectivity index (χ0) is 31.3. The van der Waals surface area contributed by atoms with E-state index in [4.69, 9.17) is 11.5 Å². The summed E-state index contributed by atoms with van der Waals surface area (Å²) in [5, 5.41) is 20.1. The molecule has 10 N–H and O–H groups in total. The number of para-hydroxylation sites is 2. The van der Waals surface area contributed by atoms with Gasteiger partial charge in [0.05, 0.1) is 12.1 Å². The van der Waals surface area contributed by atoms with Gasteiger partial charge in [-0.15, -0.1) is 0 Å². The second-order valence-corrected chi connectivity index (χ2v) is 11.2. The molecule has 2 heterocycles. The Morgan fingerprint density at radius 1 is 0.744 bits per heavy atom. The Hall–Kier alpha value is -4.68. The average Bonchev–Trinajstić information content (AvgIpc) is 3.57. The molecular weight excluding hydrogens is 550 g/mol. The van der Waals surface area contributed by atoms with Crippen LogP contribution in [0.2, 0.25) is 0 Å². The number of aromatic amines is 2. The number of amides is 4. The van der Waals surface area contributed by atoms with Gasteiger partial charge in [0, 0.05) is 40.6 Å². The van der Waals surface area contributed by atoms with Crippen LogP contribution in [0.1, 0.15) is 31.9 Å². The summed E-state index contributed by atoms with van der Waals surface area (Å²) in [6.07, 6.45) is 2.46. The van der Waals surface area contributed by atoms with Gasteiger partial charge in [0.2, 0.25) is 23.6 Å². The van der Waals surface area contributed by atoms with E-state index >= 15 is 0 Å². The van der Waals surface area contributed by atoms with Crippen LogP contribution in [-0.4, -0.2) is 69.0 Å². The first-order valence-electron chi connectivity index (χ1n) is 14.2. The first-order chi connectivity index (χ1) is 20.5. The molecule has 2 aromatic heterocycles. The number of nitrogens with two attached hydrogens (primary N) is 2. The van der Waals surface area contributed by atoms with Crippen molar-refractivity contribution in [1.29, 1.82) is 0 Å². The normalized spacial score (nSPS) is 15.0. The molecule has 0 aliphatic carbocycles. The molecule has 0 radical (unpaired) electrons. The lowest BCUT2D eigenvalue weighted by atomic mass is 10.00. The average molecular weight is 590 g/mol. The van der Waals surface area contributed by atoms with Gasteiger partial charge in [-0.1, -0.05) is 50.2 Å². The number of aliphatic hydroxyl groups excluding tert-OH is 1. The number of carbonyl (C=O) groups excluding carboxylic acids is 4. The summed E-state index contributed by atoms with van der Waals surface area (Å²) in [5.74, 6) is -3.07. The summed E-state index contributed by atoms with van der Waals surface area (Å²) in [7, 11) is 0. The van der Waals surface area contributed by atoms with E-state index in [9.17, 15) is 24.3 Å². The van der Waals surface area contributed by atoms with Gasteiger partial charge in [0.1, 0.15) is 18.1 Å². The van der Waals surface area contributed by atoms with Crippen molar-refractivity contribution in [3.05, 3.63) is 72.1 Å². The largest absolute Gasteiger partial charge is 0.391 e. The van der Waals surface area contributed by atoms with Gasteiger partial charge in [0.25, 0.3) is 0 Å². The van der Waals surface area contributed by atoms with E-state index in [1.807, 2.05) is 48.5 Å². The van der Waals surface area contributed by atoms with Crippen LogP contribution < -0.4 is 27.4 Å². The maximum Gasteiger partial charge on any atom is 0.245 e. The second-order valence-electron chi connectivity index (χ2n) is 11.2. The summed E-state index contributed by atoms with van der Waals surface area (Å²) in [6.45, 7) is 4.83. The number of benzene rings is 2. The third-order valence-corrected chi connectivity index (χ3v) is 7.52. The van der Waals surface area contributed by atoms with Crippen LogP contribution in [0.3, 0.4) is 0 Å². The smallest absolute Gasteiger partial charge is 0.245 e. The molecule has 12 heteroatoms. The van der Waals surface area contributed by atoms with Crippen molar-refractivity contribution in [3.63, 3.8) is 0 Å². The van der Waals surface area contributed by atoms with E-state index in [1.165, 1.54) is 6.92 Å². The van der Waals surface area contributed by atoms with Gasteiger partial charge in [-0.2, -0.15) is 0 Å². The number of aromatic nitrogens is 2. The van der Waals surface area contributed by atoms with E-state index in [0.717, 1.165) is 32.9 Å². The zero-order valence-electron chi connectivity index (χ0n) is 24.4. The van der Waals surface area contributed by atoms with Crippen LogP contribution in [0.5, 0.6) is 0 Å². The molecular formula is C31H39N7O5. The molecule has 0 saturated heterocycles. The third kappa shape index (κ3) is 7.40. The van der Waals surface area contributed by atoms with Gasteiger partial charge in [-0.05, 0) is 42.5 Å². The van der Waals surface area contributed by atoms with Crippen LogP contribution in [0.25, 0.3) is 21.8 Å². The molecule has 0 fully saturated rings. The molecule has 43 heavy (non-hydrogen) atoms. The van der Waals surface area contributed by atoms with E-state index in [2.05, 4.69) is 25.9 Å². The number of rotatable bonds is 13. The molecule has 0 unspecified atom stereocenters. The minimum Gasteiger partial charge on any atom is -0.391 e. The Morgan fingerprint density at radius 3 is 1.77 bits per heavy atom. The number of hydrogen-bond acceptors (Lipinski definition) is 6. The Labute approximate surface area is 249 Å². The fourth-order valence-electron chi connectivity index (χ4n) is 5.11. The van der Waals surface area contributed by atoms with Crippen molar-refractivity contribution in [2.45, 2.75) is 63.9 Å². The van der Waals surface area contributed by atoms with E-state index in [-0.39, 0.29) is 18.8 Å². The highest BCUT2D eigenvalue weighted by Gasteiger charge is 2.33. The van der Waals surface area contributed by atoms with Gasteiger partial charge in [0.15, 0.2) is 0 Å². The van der Waals surface area contributed by atoms with Crippen molar-refractivity contribution >= 4 is 45.4 Å². The van der Waals surface area contributed by atoms with E-state index in [1.54, 1.807) is 26.2 Å². The molecule has 228 valence electrons. The fraction of sp³-hybridized carbons (Fsp3) is 0.355. The molecule has 0 spiro atoms. The molecule has 0 saturated carbocycles. The van der Waals surface area contributed by atoms with Crippen LogP contribution in [0, 0.1) is 5.92 Å². The first kappa shape index (κ1) is 31.3. The quantitative estimate of drug-likeness (QED) is 0.113. The lowest BCUT2D eigenvalue weighted by molar-refractivity contribution is -0.135. The Bertz CT molecular complexity index is 1610. The van der Waals surface area contributed by atoms with Gasteiger partial charge in [-0.25, -0.2) is 0 Å². The molecule has 5 atom stereocenters. The fourth-order valence-corrected chi connectivity index (χ4v) is 5.11. The monoisotopic (exact) mass is 589 g/mol. The standard InChI is InChI=1S/C31H39N7O5/c1-16(2)26(28(33)40)37-30(42)25(13-19-15-35-24-11-7-5-9-21(19)24)36-31(43)27(17(3)39)38-29(41)22(32)12-18-14-34-23-10-6-4-8-20(18)23/h4-11,14-17,22,25-27,34-35,39H,12-13,32H2,1-3H3,(H2,33,40)(H,36,43)(H,37,42)(H,38,41)/t17-,22+,25+,26+,27+/m1/s1. The highest BCUT2D eigenvalue weighted by molar-refractivity contribution is 5.96.